The fraction of sp³-hybridized carbons (Fsp3) is 0.294. The molecule has 2 N–H and O–H groups in total. The largest absolute Gasteiger partial charge is 0.497 e. The number of hydrogen-bond acceptors (Lipinski definition) is 5. The molecule has 2 rings (SSSR count). The van der Waals surface area contributed by atoms with Gasteiger partial charge in [-0.3, -0.25) is 14.4 Å². The molecule has 1 aromatic heterocycles. The highest BCUT2D eigenvalue weighted by Crippen LogP contribution is 2.23. The monoisotopic (exact) mass is 363 g/mol. The van der Waals surface area contributed by atoms with Gasteiger partial charge in [0.05, 0.1) is 12.8 Å². The van der Waals surface area contributed by atoms with Gasteiger partial charge in [0, 0.05) is 30.7 Å². The molecule has 0 unspecified atom stereocenters. The maximum Gasteiger partial charge on any atom is 0.303 e. The molecule has 2 aromatic rings. The topological polar surface area (TPSA) is 111 Å². The lowest BCUT2D eigenvalue weighted by atomic mass is 10.1. The number of carboxylic acids is 1. The number of benzene rings is 1. The normalized spacial score (nSPS) is 10.4. The number of hydrogen-bond donors (Lipinski definition) is 2. The van der Waals surface area contributed by atoms with E-state index in [4.69, 9.17) is 9.84 Å². The summed E-state index contributed by atoms with van der Waals surface area (Å²) in [5.41, 5.74) is -0.145. The molecule has 0 aliphatic rings. The predicted octanol–water partition coefficient (Wildman–Crippen LogP) is 1.04. The van der Waals surface area contributed by atoms with E-state index in [1.165, 1.54) is 31.4 Å². The van der Waals surface area contributed by atoms with Gasteiger partial charge in [-0.25, -0.2) is 9.07 Å². The minimum atomic E-state index is -0.952. The fourth-order valence-corrected chi connectivity index (χ4v) is 2.20. The highest BCUT2D eigenvalue weighted by atomic mass is 19.1. The number of rotatable bonds is 8. The van der Waals surface area contributed by atoms with Crippen molar-refractivity contribution in [2.24, 2.45) is 0 Å². The third-order valence-electron chi connectivity index (χ3n) is 3.50. The Morgan fingerprint density at radius 1 is 1.31 bits per heavy atom. The Bertz CT molecular complexity index is 866. The number of aliphatic carboxylic acids is 1. The average Bonchev–Trinajstić information content (AvgIpc) is 2.60. The Labute approximate surface area is 148 Å². The summed E-state index contributed by atoms with van der Waals surface area (Å²) in [6.45, 7) is -0.176. The molecule has 138 valence electrons. The molecule has 26 heavy (non-hydrogen) atoms. The van der Waals surface area contributed by atoms with Crippen LogP contribution in [0.4, 0.5) is 4.39 Å². The molecule has 0 aliphatic heterocycles. The first-order valence-electron chi connectivity index (χ1n) is 7.81. The van der Waals surface area contributed by atoms with Crippen molar-refractivity contribution < 1.29 is 23.8 Å². The van der Waals surface area contributed by atoms with Gasteiger partial charge in [0.25, 0.3) is 5.56 Å². The van der Waals surface area contributed by atoms with Gasteiger partial charge in [-0.1, -0.05) is 0 Å². The lowest BCUT2D eigenvalue weighted by Crippen LogP contribution is -2.34. The molecule has 1 amide bonds. The van der Waals surface area contributed by atoms with Crippen LogP contribution < -0.4 is 15.6 Å². The zero-order valence-electron chi connectivity index (χ0n) is 14.1. The number of methoxy groups -OCH3 is 1. The fourth-order valence-electron chi connectivity index (χ4n) is 2.20. The number of nitrogens with zero attached hydrogens (tertiary/aromatic N) is 2. The van der Waals surface area contributed by atoms with Gasteiger partial charge in [-0.2, -0.15) is 5.10 Å². The van der Waals surface area contributed by atoms with Crippen LogP contribution in [0.5, 0.6) is 5.75 Å². The lowest BCUT2D eigenvalue weighted by Gasteiger charge is -2.09. The van der Waals surface area contributed by atoms with Gasteiger partial charge in [0.15, 0.2) is 0 Å². The van der Waals surface area contributed by atoms with Crippen LogP contribution in [0.25, 0.3) is 11.3 Å². The van der Waals surface area contributed by atoms with Crippen LogP contribution in [0.15, 0.2) is 35.1 Å². The summed E-state index contributed by atoms with van der Waals surface area (Å²) in [7, 11) is 1.42. The van der Waals surface area contributed by atoms with E-state index in [1.54, 1.807) is 6.07 Å². The summed E-state index contributed by atoms with van der Waals surface area (Å²) in [6.07, 6.45) is 0.214. The molecule has 0 saturated carbocycles. The van der Waals surface area contributed by atoms with Crippen molar-refractivity contribution in [1.82, 2.24) is 15.1 Å². The molecule has 9 heteroatoms. The Balaban J connectivity index is 2.11. The van der Waals surface area contributed by atoms with E-state index >= 15 is 0 Å². The first kappa shape index (κ1) is 19.1. The smallest absolute Gasteiger partial charge is 0.303 e. The zero-order chi connectivity index (χ0) is 19.1. The summed E-state index contributed by atoms with van der Waals surface area (Å²) < 4.78 is 20.0. The highest BCUT2D eigenvalue weighted by Gasteiger charge is 2.11. The standard InChI is InChI=1S/C17H18FN3O5/c1-26-11-4-5-12(13(18)9-11)14-6-7-16(23)21(20-14)10-15(22)19-8-2-3-17(24)25/h4-7,9H,2-3,8,10H2,1H3,(H,19,22)(H,24,25). The van der Waals surface area contributed by atoms with Crippen molar-refractivity contribution in [3.63, 3.8) is 0 Å². The quantitative estimate of drug-likeness (QED) is 0.678. The number of aromatic nitrogens is 2. The first-order valence-corrected chi connectivity index (χ1v) is 7.81. The Morgan fingerprint density at radius 3 is 2.73 bits per heavy atom. The van der Waals surface area contributed by atoms with Gasteiger partial charge in [0.1, 0.15) is 18.1 Å². The first-order chi connectivity index (χ1) is 12.4. The van der Waals surface area contributed by atoms with Crippen molar-refractivity contribution in [1.29, 1.82) is 0 Å². The minimum Gasteiger partial charge on any atom is -0.497 e. The average molecular weight is 363 g/mol. The van der Waals surface area contributed by atoms with E-state index in [0.717, 1.165) is 4.68 Å². The number of carbonyl (C=O) groups excluding carboxylic acids is 1. The van der Waals surface area contributed by atoms with Gasteiger partial charge < -0.3 is 15.2 Å². The van der Waals surface area contributed by atoms with Crippen LogP contribution in [0, 0.1) is 5.82 Å². The second-order valence-electron chi connectivity index (χ2n) is 5.41. The number of halogens is 1. The molecule has 0 saturated heterocycles. The molecule has 0 aliphatic carbocycles. The number of carboxylic acid groups (broad SMARTS) is 1. The second kappa shape index (κ2) is 8.75. The van der Waals surface area contributed by atoms with Gasteiger partial charge in [0.2, 0.25) is 5.91 Å². The van der Waals surface area contributed by atoms with E-state index in [2.05, 4.69) is 10.4 Å². The van der Waals surface area contributed by atoms with Crippen LogP contribution >= 0.6 is 0 Å². The Morgan fingerprint density at radius 2 is 2.08 bits per heavy atom. The second-order valence-corrected chi connectivity index (χ2v) is 5.41. The zero-order valence-corrected chi connectivity index (χ0v) is 14.1. The molecule has 1 aromatic carbocycles. The third-order valence-corrected chi connectivity index (χ3v) is 3.50. The number of nitrogens with one attached hydrogen (secondary N) is 1. The van der Waals surface area contributed by atoms with E-state index in [9.17, 15) is 18.8 Å². The summed E-state index contributed by atoms with van der Waals surface area (Å²) in [5, 5.41) is 15.1. The van der Waals surface area contributed by atoms with Crippen LogP contribution in [0.1, 0.15) is 12.8 Å². The van der Waals surface area contributed by atoms with Gasteiger partial charge >= 0.3 is 5.97 Å². The molecule has 1 heterocycles. The maximum atomic E-state index is 14.2. The van der Waals surface area contributed by atoms with Gasteiger partial charge in [-0.15, -0.1) is 0 Å². The van der Waals surface area contributed by atoms with Gasteiger partial charge in [-0.05, 0) is 24.6 Å². The van der Waals surface area contributed by atoms with Crippen LogP contribution in [0.2, 0.25) is 0 Å². The summed E-state index contributed by atoms with van der Waals surface area (Å²) in [6, 6.07) is 6.79. The molecule has 0 bridgehead atoms. The summed E-state index contributed by atoms with van der Waals surface area (Å²) in [4.78, 5) is 34.1. The molecule has 8 nitrogen and oxygen atoms in total. The molecule has 0 spiro atoms. The number of amides is 1. The van der Waals surface area contributed by atoms with Crippen molar-refractivity contribution in [2.75, 3.05) is 13.7 Å². The molecule has 0 radical (unpaired) electrons. The minimum absolute atomic E-state index is 0.0648. The summed E-state index contributed by atoms with van der Waals surface area (Å²) >= 11 is 0. The van der Waals surface area contributed by atoms with Crippen LogP contribution in [-0.4, -0.2) is 40.4 Å². The highest BCUT2D eigenvalue weighted by molar-refractivity contribution is 5.75. The molecular weight excluding hydrogens is 345 g/mol. The SMILES string of the molecule is COc1ccc(-c2ccc(=O)n(CC(=O)NCCCC(=O)O)n2)c(F)c1. The van der Waals surface area contributed by atoms with E-state index < -0.39 is 23.3 Å². The van der Waals surface area contributed by atoms with E-state index in [-0.39, 0.29) is 37.2 Å². The predicted molar refractivity (Wildman–Crippen MR) is 90.3 cm³/mol. The lowest BCUT2D eigenvalue weighted by molar-refractivity contribution is -0.137. The Hall–Kier alpha value is -3.23. The molecule has 0 atom stereocenters. The van der Waals surface area contributed by atoms with E-state index in [1.807, 2.05) is 0 Å². The van der Waals surface area contributed by atoms with Crippen molar-refractivity contribution in [3.05, 3.63) is 46.5 Å². The van der Waals surface area contributed by atoms with Crippen molar-refractivity contribution in [2.45, 2.75) is 19.4 Å². The third kappa shape index (κ3) is 5.13. The molecular formula is C17H18FN3O5. The van der Waals surface area contributed by atoms with E-state index in [0.29, 0.717) is 5.75 Å². The summed E-state index contributed by atoms with van der Waals surface area (Å²) in [5.74, 6) is -1.66. The van der Waals surface area contributed by atoms with Crippen LogP contribution in [0.3, 0.4) is 0 Å². The van der Waals surface area contributed by atoms with Crippen LogP contribution in [-0.2, 0) is 16.1 Å². The van der Waals surface area contributed by atoms with Crippen molar-refractivity contribution >= 4 is 11.9 Å². The number of ether oxygens (including phenoxy) is 1. The molecule has 0 fully saturated rings. The number of carbonyl (C=O) groups is 2. The Kier molecular flexibility index (Phi) is 6.42. The van der Waals surface area contributed by atoms with Crippen molar-refractivity contribution in [3.8, 4) is 17.0 Å². The maximum absolute atomic E-state index is 14.2.